The molecular weight excluding hydrogens is 302 g/mol. The second-order valence-corrected chi connectivity index (χ2v) is 6.71. The average Bonchev–Trinajstić information content (AvgIpc) is 3.25. The van der Waals surface area contributed by atoms with Crippen molar-refractivity contribution in [3.63, 3.8) is 0 Å². The smallest absolute Gasteiger partial charge is 0.523 e. The third-order valence-corrected chi connectivity index (χ3v) is 5.24. The largest absolute Gasteiger partial charge is 0.598 e. The Morgan fingerprint density at radius 2 is 0.917 bits per heavy atom. The highest BCUT2D eigenvalue weighted by molar-refractivity contribution is 6.56. The molecule has 5 rings (SSSR count). The highest BCUT2D eigenvalue weighted by Crippen LogP contribution is 2.49. The van der Waals surface area contributed by atoms with E-state index in [9.17, 15) is 0 Å². The van der Waals surface area contributed by atoms with Gasteiger partial charge in [0.1, 0.15) is 23.0 Å². The topological polar surface area (TPSA) is 36.9 Å². The predicted molar refractivity (Wildman–Crippen MR) is 92.9 cm³/mol. The van der Waals surface area contributed by atoms with Crippen LogP contribution in [0.15, 0.2) is 48.5 Å². The lowest BCUT2D eigenvalue weighted by Gasteiger charge is -2.31. The molecule has 1 fully saturated rings. The minimum atomic E-state index is -0.247. The summed E-state index contributed by atoms with van der Waals surface area (Å²) < 4.78 is 24.3. The van der Waals surface area contributed by atoms with Gasteiger partial charge in [0.15, 0.2) is 0 Å². The SMILES string of the molecule is c1ccc2c(c1)OB([C@H]1CCCC[C@H]1B1Oc3ccccc3O1)O2. The van der Waals surface area contributed by atoms with Crippen LogP contribution in [0.25, 0.3) is 0 Å². The van der Waals surface area contributed by atoms with Crippen molar-refractivity contribution >= 4 is 14.2 Å². The van der Waals surface area contributed by atoms with Crippen LogP contribution < -0.4 is 18.6 Å². The quantitative estimate of drug-likeness (QED) is 0.777. The first-order valence-electron chi connectivity index (χ1n) is 8.73. The van der Waals surface area contributed by atoms with Gasteiger partial charge in [-0.05, 0) is 37.1 Å². The molecule has 0 radical (unpaired) electrons. The van der Waals surface area contributed by atoms with Crippen molar-refractivity contribution in [3.05, 3.63) is 48.5 Å². The zero-order valence-corrected chi connectivity index (χ0v) is 13.4. The third kappa shape index (κ3) is 2.32. The minimum Gasteiger partial charge on any atom is -0.523 e. The first-order valence-corrected chi connectivity index (χ1v) is 8.73. The normalized spacial score (nSPS) is 24.3. The van der Waals surface area contributed by atoms with Crippen molar-refractivity contribution < 1.29 is 18.6 Å². The van der Waals surface area contributed by atoms with E-state index in [1.807, 2.05) is 48.5 Å². The van der Waals surface area contributed by atoms with E-state index in [1.54, 1.807) is 0 Å². The van der Waals surface area contributed by atoms with Gasteiger partial charge in [0, 0.05) is 11.6 Å². The van der Waals surface area contributed by atoms with Crippen molar-refractivity contribution in [2.45, 2.75) is 37.3 Å². The van der Waals surface area contributed by atoms with Gasteiger partial charge >= 0.3 is 14.2 Å². The van der Waals surface area contributed by atoms with Crippen LogP contribution in [-0.4, -0.2) is 14.2 Å². The molecule has 2 atom stereocenters. The van der Waals surface area contributed by atoms with Crippen LogP contribution in [0.1, 0.15) is 25.7 Å². The maximum Gasteiger partial charge on any atom is 0.598 e. The van der Waals surface area contributed by atoms with Gasteiger partial charge in [0.2, 0.25) is 0 Å². The molecule has 0 amide bonds. The summed E-state index contributed by atoms with van der Waals surface area (Å²) in [5, 5.41) is 0. The Bertz CT molecular complexity index is 640. The number of fused-ring (bicyclic) bond motifs is 2. The molecule has 0 bridgehead atoms. The van der Waals surface area contributed by atoms with Gasteiger partial charge in [-0.25, -0.2) is 0 Å². The Hall–Kier alpha value is -2.23. The highest BCUT2D eigenvalue weighted by Gasteiger charge is 2.53. The predicted octanol–water partition coefficient (Wildman–Crippen LogP) is 4.22. The third-order valence-electron chi connectivity index (χ3n) is 5.24. The van der Waals surface area contributed by atoms with E-state index in [0.717, 1.165) is 35.8 Å². The highest BCUT2D eigenvalue weighted by atomic mass is 16.6. The number of para-hydroxylation sites is 4. The summed E-state index contributed by atoms with van der Waals surface area (Å²) in [5.74, 6) is 3.88. The molecule has 2 heterocycles. The summed E-state index contributed by atoms with van der Waals surface area (Å²) in [4.78, 5) is 0. The standard InChI is InChI=1S/C18H18B2O4/c1-2-8-14(20-23-17-11-5-6-12-18(17)24-20)13(7-1)19-21-15-9-3-4-10-16(15)22-19/h3-6,9-14H,1-2,7-8H2/t13-,14+. The molecule has 0 aromatic heterocycles. The van der Waals surface area contributed by atoms with Crippen molar-refractivity contribution in [3.8, 4) is 23.0 Å². The van der Waals surface area contributed by atoms with Crippen LogP contribution in [0.2, 0.25) is 11.6 Å². The Labute approximate surface area is 142 Å². The van der Waals surface area contributed by atoms with E-state index < -0.39 is 0 Å². The van der Waals surface area contributed by atoms with Gasteiger partial charge in [0.05, 0.1) is 0 Å². The molecule has 24 heavy (non-hydrogen) atoms. The van der Waals surface area contributed by atoms with Crippen LogP contribution >= 0.6 is 0 Å². The van der Waals surface area contributed by atoms with E-state index in [1.165, 1.54) is 12.8 Å². The second-order valence-electron chi connectivity index (χ2n) is 6.71. The fraction of sp³-hybridized carbons (Fsp3) is 0.333. The molecule has 2 aliphatic heterocycles. The molecule has 0 unspecified atom stereocenters. The molecule has 0 N–H and O–H groups in total. The van der Waals surface area contributed by atoms with Crippen molar-refractivity contribution in [1.82, 2.24) is 0 Å². The van der Waals surface area contributed by atoms with E-state index in [4.69, 9.17) is 18.6 Å². The first kappa shape index (κ1) is 14.1. The molecule has 1 aliphatic carbocycles. The summed E-state index contributed by atoms with van der Waals surface area (Å²) in [6.07, 6.45) is 4.53. The Morgan fingerprint density at radius 1 is 0.583 bits per heavy atom. The Balaban J connectivity index is 1.36. The van der Waals surface area contributed by atoms with Crippen LogP contribution in [0.5, 0.6) is 23.0 Å². The lowest BCUT2D eigenvalue weighted by molar-refractivity contribution is 0.367. The summed E-state index contributed by atoms with van der Waals surface area (Å²) in [6.45, 7) is 0. The maximum absolute atomic E-state index is 6.08. The minimum absolute atomic E-state index is 0.247. The van der Waals surface area contributed by atoms with Gasteiger partial charge < -0.3 is 18.6 Å². The lowest BCUT2D eigenvalue weighted by Crippen LogP contribution is -2.43. The zero-order chi connectivity index (χ0) is 15.9. The Kier molecular flexibility index (Phi) is 3.35. The van der Waals surface area contributed by atoms with E-state index >= 15 is 0 Å². The summed E-state index contributed by atoms with van der Waals surface area (Å²) >= 11 is 0. The van der Waals surface area contributed by atoms with Crippen LogP contribution in [-0.2, 0) is 0 Å². The van der Waals surface area contributed by atoms with E-state index in [-0.39, 0.29) is 25.9 Å². The molecule has 0 saturated heterocycles. The monoisotopic (exact) mass is 320 g/mol. The average molecular weight is 320 g/mol. The van der Waals surface area contributed by atoms with Crippen molar-refractivity contribution in [1.29, 1.82) is 0 Å². The van der Waals surface area contributed by atoms with Gasteiger partial charge in [-0.2, -0.15) is 0 Å². The second kappa shape index (κ2) is 5.69. The van der Waals surface area contributed by atoms with Gasteiger partial charge in [0.25, 0.3) is 0 Å². The molecule has 4 nitrogen and oxygen atoms in total. The van der Waals surface area contributed by atoms with Crippen molar-refractivity contribution in [2.75, 3.05) is 0 Å². The van der Waals surface area contributed by atoms with Crippen LogP contribution in [0, 0.1) is 0 Å². The lowest BCUT2D eigenvalue weighted by atomic mass is 9.48. The number of hydrogen-bond donors (Lipinski definition) is 0. The molecular formula is C18H18B2O4. The molecule has 2 aromatic rings. The van der Waals surface area contributed by atoms with E-state index in [0.29, 0.717) is 0 Å². The van der Waals surface area contributed by atoms with Gasteiger partial charge in [-0.1, -0.05) is 37.1 Å². The van der Waals surface area contributed by atoms with E-state index in [2.05, 4.69) is 0 Å². The number of hydrogen-bond acceptors (Lipinski definition) is 4. The fourth-order valence-corrected chi connectivity index (χ4v) is 4.05. The van der Waals surface area contributed by atoms with Gasteiger partial charge in [-0.15, -0.1) is 0 Å². The van der Waals surface area contributed by atoms with Crippen LogP contribution in [0.3, 0.4) is 0 Å². The Morgan fingerprint density at radius 3 is 1.25 bits per heavy atom. The molecule has 3 aliphatic rings. The maximum atomic E-state index is 6.08. The summed E-state index contributed by atoms with van der Waals surface area (Å²) in [7, 11) is -0.493. The molecule has 2 aromatic carbocycles. The van der Waals surface area contributed by atoms with Crippen LogP contribution in [0.4, 0.5) is 0 Å². The zero-order valence-electron chi connectivity index (χ0n) is 13.4. The van der Waals surface area contributed by atoms with Crippen molar-refractivity contribution in [2.24, 2.45) is 0 Å². The molecule has 1 saturated carbocycles. The summed E-state index contributed by atoms with van der Waals surface area (Å²) in [5.41, 5.74) is 0. The first-order chi connectivity index (χ1) is 11.9. The van der Waals surface area contributed by atoms with Gasteiger partial charge in [-0.3, -0.25) is 0 Å². The summed E-state index contributed by atoms with van der Waals surface area (Å²) in [6, 6.07) is 15.8. The number of benzene rings is 2. The fourth-order valence-electron chi connectivity index (χ4n) is 4.05. The number of rotatable bonds is 2. The molecule has 0 spiro atoms. The molecule has 120 valence electrons. The molecule has 6 heteroatoms.